The Kier molecular flexibility index (Phi) is 5.42. The van der Waals surface area contributed by atoms with E-state index in [4.69, 9.17) is 9.47 Å². The molecule has 0 radical (unpaired) electrons. The molecular formula is C18H21NO3. The summed E-state index contributed by atoms with van der Waals surface area (Å²) in [6.07, 6.45) is -1.11. The van der Waals surface area contributed by atoms with E-state index >= 15 is 0 Å². The van der Waals surface area contributed by atoms with E-state index in [0.717, 1.165) is 17.8 Å². The third-order valence-electron chi connectivity index (χ3n) is 3.42. The number of anilines is 1. The number of carbonyl (C=O) groups excluding carboxylic acids is 1. The molecule has 2 aromatic carbocycles. The Morgan fingerprint density at radius 1 is 1.09 bits per heavy atom. The van der Waals surface area contributed by atoms with Crippen molar-refractivity contribution in [2.45, 2.75) is 27.0 Å². The van der Waals surface area contributed by atoms with Crippen LogP contribution in [0.15, 0.2) is 54.6 Å². The lowest BCUT2D eigenvalue weighted by Crippen LogP contribution is -2.37. The second kappa shape index (κ2) is 7.50. The summed E-state index contributed by atoms with van der Waals surface area (Å²) in [6.45, 7) is 6.45. The molecule has 116 valence electrons. The zero-order valence-electron chi connectivity index (χ0n) is 13.2. The zero-order chi connectivity index (χ0) is 15.9. The van der Waals surface area contributed by atoms with Crippen molar-refractivity contribution < 1.29 is 14.3 Å². The summed E-state index contributed by atoms with van der Waals surface area (Å²) in [5.41, 5.74) is 1.89. The molecule has 0 aromatic heterocycles. The summed E-state index contributed by atoms with van der Waals surface area (Å²) < 4.78 is 10.6. The van der Waals surface area contributed by atoms with Crippen molar-refractivity contribution in [2.24, 2.45) is 0 Å². The van der Waals surface area contributed by atoms with E-state index in [1.165, 1.54) is 0 Å². The van der Waals surface area contributed by atoms with Crippen LogP contribution in [0.3, 0.4) is 0 Å². The lowest BCUT2D eigenvalue weighted by molar-refractivity contribution is 0.0643. The maximum atomic E-state index is 12.0. The fourth-order valence-electron chi connectivity index (χ4n) is 2.26. The highest BCUT2D eigenvalue weighted by atomic mass is 16.7. The number of para-hydroxylation sites is 2. The Morgan fingerprint density at radius 2 is 1.73 bits per heavy atom. The maximum absolute atomic E-state index is 12.0. The molecule has 2 aromatic rings. The summed E-state index contributed by atoms with van der Waals surface area (Å²) in [6, 6.07) is 17.2. The molecule has 0 spiro atoms. The summed E-state index contributed by atoms with van der Waals surface area (Å²) in [4.78, 5) is 13.9. The topological polar surface area (TPSA) is 38.8 Å². The third kappa shape index (κ3) is 4.01. The molecule has 0 aliphatic heterocycles. The summed E-state index contributed by atoms with van der Waals surface area (Å²) in [5.74, 6) is 0.516. The van der Waals surface area contributed by atoms with Crippen LogP contribution in [0.25, 0.3) is 0 Å². The first kappa shape index (κ1) is 15.9. The summed E-state index contributed by atoms with van der Waals surface area (Å²) in [7, 11) is 0. The SMILES string of the molecule is CCN(c1ccccc1)C(C)OC(=O)Oc1ccccc1C. The quantitative estimate of drug-likeness (QED) is 0.466. The van der Waals surface area contributed by atoms with E-state index in [2.05, 4.69) is 0 Å². The Balaban J connectivity index is 2.00. The van der Waals surface area contributed by atoms with Crippen LogP contribution in [0.2, 0.25) is 0 Å². The molecule has 0 N–H and O–H groups in total. The van der Waals surface area contributed by atoms with Crippen LogP contribution >= 0.6 is 0 Å². The van der Waals surface area contributed by atoms with Crippen molar-refractivity contribution in [2.75, 3.05) is 11.4 Å². The molecule has 0 aliphatic carbocycles. The van der Waals surface area contributed by atoms with Crippen LogP contribution < -0.4 is 9.64 Å². The van der Waals surface area contributed by atoms with Crippen molar-refractivity contribution in [1.82, 2.24) is 0 Å². The van der Waals surface area contributed by atoms with Gasteiger partial charge in [-0.1, -0.05) is 36.4 Å². The largest absolute Gasteiger partial charge is 0.515 e. The minimum atomic E-state index is -0.698. The van der Waals surface area contributed by atoms with E-state index in [1.54, 1.807) is 6.07 Å². The molecule has 0 saturated heterocycles. The first-order valence-electron chi connectivity index (χ1n) is 7.37. The fraction of sp³-hybridized carbons (Fsp3) is 0.278. The van der Waals surface area contributed by atoms with Gasteiger partial charge in [-0.05, 0) is 44.5 Å². The van der Waals surface area contributed by atoms with Crippen LogP contribution in [0.1, 0.15) is 19.4 Å². The first-order valence-corrected chi connectivity index (χ1v) is 7.37. The standard InChI is InChI=1S/C18H21NO3/c1-4-19(16-11-6-5-7-12-16)15(3)21-18(20)22-17-13-9-8-10-14(17)2/h5-13,15H,4H2,1-3H3. The smallest absolute Gasteiger partial charge is 0.410 e. The number of aryl methyl sites for hydroxylation is 1. The van der Waals surface area contributed by atoms with E-state index in [1.807, 2.05) is 74.2 Å². The summed E-state index contributed by atoms with van der Waals surface area (Å²) in [5, 5.41) is 0. The van der Waals surface area contributed by atoms with Gasteiger partial charge in [0.2, 0.25) is 0 Å². The van der Waals surface area contributed by atoms with Gasteiger partial charge in [-0.15, -0.1) is 0 Å². The molecule has 0 heterocycles. The Bertz CT molecular complexity index is 613. The molecule has 1 unspecified atom stereocenters. The van der Waals surface area contributed by atoms with Gasteiger partial charge in [0.05, 0.1) is 0 Å². The van der Waals surface area contributed by atoms with Crippen LogP contribution in [-0.2, 0) is 4.74 Å². The van der Waals surface area contributed by atoms with Crippen LogP contribution in [0, 0.1) is 6.92 Å². The molecule has 1 atom stereocenters. The number of benzene rings is 2. The van der Waals surface area contributed by atoms with Gasteiger partial charge >= 0.3 is 6.16 Å². The summed E-state index contributed by atoms with van der Waals surface area (Å²) >= 11 is 0. The van der Waals surface area contributed by atoms with Gasteiger partial charge in [-0.25, -0.2) is 4.79 Å². The normalized spacial score (nSPS) is 11.6. The maximum Gasteiger partial charge on any atom is 0.515 e. The van der Waals surface area contributed by atoms with Gasteiger partial charge in [0, 0.05) is 12.2 Å². The number of carbonyl (C=O) groups is 1. The fourth-order valence-corrected chi connectivity index (χ4v) is 2.26. The number of hydrogen-bond donors (Lipinski definition) is 0. The van der Waals surface area contributed by atoms with Crippen molar-refractivity contribution in [3.63, 3.8) is 0 Å². The third-order valence-corrected chi connectivity index (χ3v) is 3.42. The molecule has 4 heteroatoms. The molecule has 4 nitrogen and oxygen atoms in total. The predicted molar refractivity (Wildman–Crippen MR) is 87.2 cm³/mol. The lowest BCUT2D eigenvalue weighted by atomic mass is 10.2. The average Bonchev–Trinajstić information content (AvgIpc) is 2.51. The number of rotatable bonds is 5. The Labute approximate surface area is 131 Å². The van der Waals surface area contributed by atoms with Gasteiger partial charge in [0.1, 0.15) is 5.75 Å². The van der Waals surface area contributed by atoms with Crippen LogP contribution in [0.4, 0.5) is 10.5 Å². The second-order valence-corrected chi connectivity index (χ2v) is 4.96. The van der Waals surface area contributed by atoms with E-state index in [-0.39, 0.29) is 0 Å². The van der Waals surface area contributed by atoms with E-state index in [9.17, 15) is 4.79 Å². The van der Waals surface area contributed by atoms with Crippen molar-refractivity contribution in [1.29, 1.82) is 0 Å². The zero-order valence-corrected chi connectivity index (χ0v) is 13.2. The molecular weight excluding hydrogens is 278 g/mol. The van der Waals surface area contributed by atoms with Gasteiger partial charge < -0.3 is 14.4 Å². The Morgan fingerprint density at radius 3 is 2.36 bits per heavy atom. The van der Waals surface area contributed by atoms with E-state index < -0.39 is 12.4 Å². The van der Waals surface area contributed by atoms with Crippen molar-refractivity contribution >= 4 is 11.8 Å². The number of hydrogen-bond acceptors (Lipinski definition) is 4. The van der Waals surface area contributed by atoms with Crippen molar-refractivity contribution in [3.05, 3.63) is 60.2 Å². The van der Waals surface area contributed by atoms with E-state index in [0.29, 0.717) is 5.75 Å². The van der Waals surface area contributed by atoms with Crippen LogP contribution in [0.5, 0.6) is 5.75 Å². The molecule has 0 amide bonds. The monoisotopic (exact) mass is 299 g/mol. The molecule has 22 heavy (non-hydrogen) atoms. The highest BCUT2D eigenvalue weighted by molar-refractivity contribution is 5.65. The molecule has 0 aliphatic rings. The van der Waals surface area contributed by atoms with Gasteiger partial charge in [-0.3, -0.25) is 0 Å². The molecule has 0 fully saturated rings. The van der Waals surface area contributed by atoms with Crippen LogP contribution in [-0.4, -0.2) is 18.9 Å². The number of nitrogens with zero attached hydrogens (tertiary/aromatic N) is 1. The van der Waals surface area contributed by atoms with Gasteiger partial charge in [0.15, 0.2) is 6.23 Å². The van der Waals surface area contributed by atoms with Crippen molar-refractivity contribution in [3.8, 4) is 5.75 Å². The minimum Gasteiger partial charge on any atom is -0.410 e. The average molecular weight is 299 g/mol. The molecule has 0 bridgehead atoms. The number of ether oxygens (including phenoxy) is 2. The Hall–Kier alpha value is -2.49. The highest BCUT2D eigenvalue weighted by Gasteiger charge is 2.18. The highest BCUT2D eigenvalue weighted by Crippen LogP contribution is 2.19. The van der Waals surface area contributed by atoms with Gasteiger partial charge in [0.25, 0.3) is 0 Å². The minimum absolute atomic E-state index is 0.413. The lowest BCUT2D eigenvalue weighted by Gasteiger charge is -2.29. The molecule has 2 rings (SSSR count). The predicted octanol–water partition coefficient (Wildman–Crippen LogP) is 4.38. The first-order chi connectivity index (χ1) is 10.6. The second-order valence-electron chi connectivity index (χ2n) is 4.96. The van der Waals surface area contributed by atoms with Gasteiger partial charge in [-0.2, -0.15) is 0 Å². The molecule has 0 saturated carbocycles.